The smallest absolute Gasteiger partial charge is 0.341 e. The van der Waals surface area contributed by atoms with Gasteiger partial charge in [-0.1, -0.05) is 66.5 Å². The number of allylic oxidation sites excluding steroid dienone is 3. The van der Waals surface area contributed by atoms with Gasteiger partial charge in [-0.25, -0.2) is 4.79 Å². The number of ether oxygens (including phenoxy) is 2. The fraction of sp³-hybridized carbons (Fsp3) is 0.129. The van der Waals surface area contributed by atoms with Gasteiger partial charge in [-0.3, -0.25) is 0 Å². The summed E-state index contributed by atoms with van der Waals surface area (Å²) in [5.74, 6) is 6.50. The Balaban J connectivity index is 1.72. The molecule has 0 aliphatic heterocycles. The number of benzene rings is 3. The zero-order valence-corrected chi connectivity index (χ0v) is 20.2. The minimum atomic E-state index is -1.01. The van der Waals surface area contributed by atoms with E-state index in [0.717, 1.165) is 27.8 Å². The van der Waals surface area contributed by atoms with Crippen molar-refractivity contribution < 1.29 is 19.4 Å². The van der Waals surface area contributed by atoms with E-state index < -0.39 is 5.97 Å². The number of aryl methyl sites for hydroxylation is 1. The minimum Gasteiger partial charge on any atom is -0.489 e. The molecule has 0 amide bonds. The third kappa shape index (κ3) is 8.27. The lowest BCUT2D eigenvalue weighted by Crippen LogP contribution is -2.10. The van der Waals surface area contributed by atoms with Crippen LogP contribution in [-0.4, -0.2) is 24.3 Å². The summed E-state index contributed by atoms with van der Waals surface area (Å²) < 4.78 is 11.2. The van der Waals surface area contributed by atoms with Crippen LogP contribution in [0.1, 0.15) is 28.7 Å². The van der Waals surface area contributed by atoms with E-state index in [0.29, 0.717) is 24.5 Å². The van der Waals surface area contributed by atoms with Crippen LogP contribution < -0.4 is 15.2 Å². The second-order valence-electron chi connectivity index (χ2n) is 7.80. The van der Waals surface area contributed by atoms with Gasteiger partial charge in [-0.15, -0.1) is 0 Å². The Kier molecular flexibility index (Phi) is 10.00. The van der Waals surface area contributed by atoms with E-state index in [1.807, 2.05) is 55.5 Å². The molecular formula is C31H29NO4. The molecule has 3 aromatic carbocycles. The molecule has 5 heteroatoms. The van der Waals surface area contributed by atoms with Crippen LogP contribution in [0.15, 0.2) is 103 Å². The third-order valence-electron chi connectivity index (χ3n) is 5.13. The van der Waals surface area contributed by atoms with Gasteiger partial charge in [0.1, 0.15) is 18.1 Å². The van der Waals surface area contributed by atoms with Crippen molar-refractivity contribution in [1.82, 2.24) is 0 Å². The Bertz CT molecular complexity index is 1290. The first-order valence-corrected chi connectivity index (χ1v) is 11.5. The maximum Gasteiger partial charge on any atom is 0.341 e. The van der Waals surface area contributed by atoms with Gasteiger partial charge in [0.15, 0.2) is 6.61 Å². The number of carboxylic acids is 1. The molecule has 0 bridgehead atoms. The van der Waals surface area contributed by atoms with Crippen LogP contribution in [0.4, 0.5) is 0 Å². The molecule has 0 aliphatic rings. The van der Waals surface area contributed by atoms with Gasteiger partial charge >= 0.3 is 5.97 Å². The Labute approximate surface area is 212 Å². The maximum atomic E-state index is 10.7. The van der Waals surface area contributed by atoms with Crippen LogP contribution in [-0.2, 0) is 4.79 Å². The number of aliphatic carboxylic acids is 1. The lowest BCUT2D eigenvalue weighted by atomic mass is 9.97. The molecule has 0 aliphatic carbocycles. The van der Waals surface area contributed by atoms with Gasteiger partial charge in [-0.2, -0.15) is 0 Å². The molecule has 0 saturated heterocycles. The number of hydrogen-bond donors (Lipinski definition) is 2. The van der Waals surface area contributed by atoms with Gasteiger partial charge in [0, 0.05) is 12.0 Å². The minimum absolute atomic E-state index is 0.365. The van der Waals surface area contributed by atoms with Crippen molar-refractivity contribution in [3.05, 3.63) is 126 Å². The summed E-state index contributed by atoms with van der Waals surface area (Å²) in [5, 5.41) is 8.80. The first kappa shape index (κ1) is 25.9. The van der Waals surface area contributed by atoms with E-state index in [2.05, 4.69) is 42.2 Å². The second kappa shape index (κ2) is 13.9. The van der Waals surface area contributed by atoms with Crippen molar-refractivity contribution in [2.45, 2.75) is 13.3 Å². The molecule has 0 saturated carbocycles. The van der Waals surface area contributed by atoms with Crippen LogP contribution in [0.3, 0.4) is 0 Å². The lowest BCUT2D eigenvalue weighted by molar-refractivity contribution is -0.139. The van der Waals surface area contributed by atoms with Gasteiger partial charge in [0.2, 0.25) is 0 Å². The normalized spacial score (nSPS) is 11.3. The molecule has 5 nitrogen and oxygen atoms in total. The standard InChI is InChI=1S/C31H29NO4/c1-24-22-28(17-18-30(24)36-23-31(33)34)35-21-19-29(26-11-7-5-8-12-26)27-15-13-25(14-16-27)10-6-3-2-4-9-20-32/h2,4-5,7-9,11-20,22H,3,21,23,32H2,1H3,(H,33,34)/b4-2-,20-9-,29-19+. The molecule has 3 aromatic rings. The summed E-state index contributed by atoms with van der Waals surface area (Å²) in [6.07, 6.45) is 9.80. The third-order valence-corrected chi connectivity index (χ3v) is 5.13. The molecule has 0 heterocycles. The number of carbonyl (C=O) groups is 1. The van der Waals surface area contributed by atoms with Gasteiger partial charge in [-0.05, 0) is 77.9 Å². The SMILES string of the molecule is Cc1cc(OC/C=C(\c2ccccc2)c2ccc(C#CC/C=C\C=C/N)cc2)ccc1OCC(=O)O. The van der Waals surface area contributed by atoms with Crippen molar-refractivity contribution in [2.24, 2.45) is 5.73 Å². The molecule has 0 fully saturated rings. The summed E-state index contributed by atoms with van der Waals surface area (Å²) in [6, 6.07) is 23.6. The van der Waals surface area contributed by atoms with Crippen LogP contribution in [0.5, 0.6) is 11.5 Å². The zero-order chi connectivity index (χ0) is 25.6. The molecule has 3 rings (SSSR count). The summed E-state index contributed by atoms with van der Waals surface area (Å²) in [7, 11) is 0. The fourth-order valence-corrected chi connectivity index (χ4v) is 3.41. The summed E-state index contributed by atoms with van der Waals surface area (Å²) in [4.78, 5) is 10.7. The summed E-state index contributed by atoms with van der Waals surface area (Å²) in [5.41, 5.74) is 10.3. The highest BCUT2D eigenvalue weighted by Crippen LogP contribution is 2.26. The molecule has 0 spiro atoms. The number of carboxylic acid groups (broad SMARTS) is 1. The predicted octanol–water partition coefficient (Wildman–Crippen LogP) is 5.74. The van der Waals surface area contributed by atoms with E-state index in [4.69, 9.17) is 20.3 Å². The predicted molar refractivity (Wildman–Crippen MR) is 144 cm³/mol. The van der Waals surface area contributed by atoms with Gasteiger partial charge < -0.3 is 20.3 Å². The second-order valence-corrected chi connectivity index (χ2v) is 7.80. The fourth-order valence-electron chi connectivity index (χ4n) is 3.41. The highest BCUT2D eigenvalue weighted by molar-refractivity contribution is 5.80. The van der Waals surface area contributed by atoms with Crippen molar-refractivity contribution in [3.63, 3.8) is 0 Å². The van der Waals surface area contributed by atoms with Gasteiger partial charge in [0.05, 0.1) is 0 Å². The average molecular weight is 480 g/mol. The quantitative estimate of drug-likeness (QED) is 0.286. The van der Waals surface area contributed by atoms with Crippen molar-refractivity contribution in [2.75, 3.05) is 13.2 Å². The van der Waals surface area contributed by atoms with E-state index in [1.54, 1.807) is 18.2 Å². The largest absolute Gasteiger partial charge is 0.489 e. The van der Waals surface area contributed by atoms with Gasteiger partial charge in [0.25, 0.3) is 0 Å². The molecular weight excluding hydrogens is 450 g/mol. The van der Waals surface area contributed by atoms with E-state index >= 15 is 0 Å². The number of nitrogens with two attached hydrogens (primary N) is 1. The van der Waals surface area contributed by atoms with E-state index in [-0.39, 0.29) is 6.61 Å². The maximum absolute atomic E-state index is 10.7. The molecule has 0 radical (unpaired) electrons. The molecule has 0 aromatic heterocycles. The molecule has 182 valence electrons. The monoisotopic (exact) mass is 479 g/mol. The number of hydrogen-bond acceptors (Lipinski definition) is 4. The van der Waals surface area contributed by atoms with Crippen LogP contribution in [0.25, 0.3) is 5.57 Å². The van der Waals surface area contributed by atoms with Crippen molar-refractivity contribution in [1.29, 1.82) is 0 Å². The summed E-state index contributed by atoms with van der Waals surface area (Å²) in [6.45, 7) is 1.84. The van der Waals surface area contributed by atoms with E-state index in [9.17, 15) is 4.79 Å². The van der Waals surface area contributed by atoms with Crippen LogP contribution >= 0.6 is 0 Å². The highest BCUT2D eigenvalue weighted by Gasteiger charge is 2.07. The van der Waals surface area contributed by atoms with E-state index in [1.165, 1.54) is 6.20 Å². The first-order valence-electron chi connectivity index (χ1n) is 11.5. The molecule has 0 atom stereocenters. The molecule has 3 N–H and O–H groups in total. The lowest BCUT2D eigenvalue weighted by Gasteiger charge is -2.12. The Morgan fingerprint density at radius 1 is 0.972 bits per heavy atom. The Morgan fingerprint density at radius 2 is 1.72 bits per heavy atom. The topological polar surface area (TPSA) is 81.8 Å². The molecule has 36 heavy (non-hydrogen) atoms. The molecule has 0 unspecified atom stereocenters. The van der Waals surface area contributed by atoms with Crippen molar-refractivity contribution in [3.8, 4) is 23.3 Å². The van der Waals surface area contributed by atoms with Crippen LogP contribution in [0, 0.1) is 18.8 Å². The number of rotatable bonds is 10. The highest BCUT2D eigenvalue weighted by atomic mass is 16.5. The zero-order valence-electron chi connectivity index (χ0n) is 20.2. The average Bonchev–Trinajstić information content (AvgIpc) is 2.89. The summed E-state index contributed by atoms with van der Waals surface area (Å²) >= 11 is 0. The Morgan fingerprint density at radius 3 is 2.42 bits per heavy atom. The van der Waals surface area contributed by atoms with Crippen molar-refractivity contribution >= 4 is 11.5 Å². The first-order chi connectivity index (χ1) is 17.6. The Hall–Kier alpha value is -4.69. The van der Waals surface area contributed by atoms with Crippen LogP contribution in [0.2, 0.25) is 0 Å².